The van der Waals surface area contributed by atoms with Crippen molar-refractivity contribution in [2.24, 2.45) is 22.7 Å². The lowest BCUT2D eigenvalue weighted by Crippen LogP contribution is -2.69. The Kier molecular flexibility index (Phi) is 4.70. The Morgan fingerprint density at radius 1 is 1.15 bits per heavy atom. The van der Waals surface area contributed by atoms with Gasteiger partial charge in [-0.05, 0) is 32.1 Å². The van der Waals surface area contributed by atoms with E-state index in [9.17, 15) is 14.4 Å². The number of carbonyl (C=O) groups is 3. The molecule has 0 spiro atoms. The van der Waals surface area contributed by atoms with Crippen molar-refractivity contribution in [3.63, 3.8) is 0 Å². The second-order valence-electron chi connectivity index (χ2n) is 9.88. The molecule has 3 fully saturated rings. The third kappa shape index (κ3) is 3.08. The van der Waals surface area contributed by atoms with E-state index in [1.807, 2.05) is 20.8 Å². The molecule has 1 heterocycles. The van der Waals surface area contributed by atoms with Gasteiger partial charge in [0.2, 0.25) is 0 Å². The summed E-state index contributed by atoms with van der Waals surface area (Å²) in [6.45, 7) is 13.3. The quantitative estimate of drug-likeness (QED) is 0.555. The summed E-state index contributed by atoms with van der Waals surface area (Å²) in [5.41, 5.74) is -2.49. The van der Waals surface area contributed by atoms with Crippen LogP contribution in [-0.4, -0.2) is 35.3 Å². The molecule has 0 N–H and O–H groups in total. The summed E-state index contributed by atoms with van der Waals surface area (Å²) in [6.07, 6.45) is 4.69. The Bertz CT molecular complexity index is 699. The first-order valence-electron chi connectivity index (χ1n) is 9.92. The Hall–Kier alpha value is -1.49. The standard InChI is InChI=1S/C22H32O5/c1-7-20(4)11-15(24)18-21(5)10-8-9-19(3,13-26-14(2)23)17(21)16(25)12-22(18,6)27-20/h7,17-18H,1,8-13H2,2-6H3/t17?,18?,19?,20-,21-,22+/m1/s1. The molecule has 0 aromatic rings. The van der Waals surface area contributed by atoms with Crippen LogP contribution in [0, 0.1) is 22.7 Å². The monoisotopic (exact) mass is 376 g/mol. The second kappa shape index (κ2) is 6.26. The number of rotatable bonds is 3. The molecule has 3 rings (SSSR count). The molecule has 0 aromatic carbocycles. The molecule has 0 aromatic heterocycles. The summed E-state index contributed by atoms with van der Waals surface area (Å²) in [6, 6.07) is 0. The van der Waals surface area contributed by atoms with Crippen molar-refractivity contribution in [3.05, 3.63) is 12.7 Å². The van der Waals surface area contributed by atoms with Gasteiger partial charge in [-0.25, -0.2) is 0 Å². The lowest BCUT2D eigenvalue weighted by Gasteiger charge is -2.63. The lowest BCUT2D eigenvalue weighted by molar-refractivity contribution is -0.236. The maximum absolute atomic E-state index is 13.4. The van der Waals surface area contributed by atoms with Crippen LogP contribution in [0.1, 0.15) is 66.7 Å². The first-order valence-corrected chi connectivity index (χ1v) is 9.92. The topological polar surface area (TPSA) is 69.7 Å². The number of ketones is 2. The highest BCUT2D eigenvalue weighted by molar-refractivity contribution is 5.92. The summed E-state index contributed by atoms with van der Waals surface area (Å²) < 4.78 is 11.7. The third-order valence-corrected chi connectivity index (χ3v) is 7.29. The van der Waals surface area contributed by atoms with Crippen LogP contribution in [0.4, 0.5) is 0 Å². The van der Waals surface area contributed by atoms with E-state index >= 15 is 0 Å². The molecule has 0 amide bonds. The van der Waals surface area contributed by atoms with Gasteiger partial charge in [-0.15, -0.1) is 6.58 Å². The molecular formula is C22H32O5. The van der Waals surface area contributed by atoms with Crippen molar-refractivity contribution in [1.29, 1.82) is 0 Å². The van der Waals surface area contributed by atoms with Gasteiger partial charge < -0.3 is 9.47 Å². The number of hydrogen-bond acceptors (Lipinski definition) is 5. The fraction of sp³-hybridized carbons (Fsp3) is 0.773. The fourth-order valence-electron chi connectivity index (χ4n) is 6.63. The molecule has 5 heteroatoms. The summed E-state index contributed by atoms with van der Waals surface area (Å²) in [4.78, 5) is 38.1. The normalized spacial score (nSPS) is 47.0. The highest BCUT2D eigenvalue weighted by Crippen LogP contribution is 2.63. The van der Waals surface area contributed by atoms with E-state index < -0.39 is 22.0 Å². The molecule has 0 bridgehead atoms. The summed E-state index contributed by atoms with van der Waals surface area (Å²) in [7, 11) is 0. The SMILES string of the molecule is C=C[C@]1(C)CC(=O)C2[C@]3(C)CCCC(C)(COC(C)=O)C3C(=O)C[C@]2(C)O1. The van der Waals surface area contributed by atoms with E-state index in [1.54, 1.807) is 6.08 Å². The maximum Gasteiger partial charge on any atom is 0.302 e. The molecule has 3 unspecified atom stereocenters. The summed E-state index contributed by atoms with van der Waals surface area (Å²) >= 11 is 0. The average Bonchev–Trinajstić information content (AvgIpc) is 2.50. The van der Waals surface area contributed by atoms with E-state index in [2.05, 4.69) is 13.5 Å². The maximum atomic E-state index is 13.4. The van der Waals surface area contributed by atoms with E-state index in [0.29, 0.717) is 0 Å². The highest BCUT2D eigenvalue weighted by atomic mass is 16.5. The van der Waals surface area contributed by atoms with Crippen LogP contribution in [0.3, 0.4) is 0 Å². The zero-order valence-electron chi connectivity index (χ0n) is 17.2. The minimum atomic E-state index is -0.819. The first kappa shape index (κ1) is 20.2. The van der Waals surface area contributed by atoms with Crippen molar-refractivity contribution in [1.82, 2.24) is 0 Å². The van der Waals surface area contributed by atoms with Gasteiger partial charge in [-0.2, -0.15) is 0 Å². The van der Waals surface area contributed by atoms with E-state index in [4.69, 9.17) is 9.47 Å². The van der Waals surface area contributed by atoms with Crippen molar-refractivity contribution in [3.8, 4) is 0 Å². The van der Waals surface area contributed by atoms with Crippen LogP contribution in [0.15, 0.2) is 12.7 Å². The van der Waals surface area contributed by atoms with Crippen LogP contribution in [0.2, 0.25) is 0 Å². The smallest absolute Gasteiger partial charge is 0.302 e. The Morgan fingerprint density at radius 3 is 2.37 bits per heavy atom. The van der Waals surface area contributed by atoms with Crippen molar-refractivity contribution in [2.75, 3.05) is 6.61 Å². The van der Waals surface area contributed by atoms with Crippen LogP contribution >= 0.6 is 0 Å². The van der Waals surface area contributed by atoms with Crippen LogP contribution in [-0.2, 0) is 23.9 Å². The number of hydrogen-bond donors (Lipinski definition) is 0. The Balaban J connectivity index is 2.03. The molecule has 1 aliphatic heterocycles. The number of ether oxygens (including phenoxy) is 2. The zero-order valence-corrected chi connectivity index (χ0v) is 17.2. The second-order valence-corrected chi connectivity index (χ2v) is 9.88. The van der Waals surface area contributed by atoms with Crippen molar-refractivity contribution < 1.29 is 23.9 Å². The number of fused-ring (bicyclic) bond motifs is 3. The molecule has 2 saturated carbocycles. The average molecular weight is 376 g/mol. The van der Waals surface area contributed by atoms with Gasteiger partial charge >= 0.3 is 5.97 Å². The van der Waals surface area contributed by atoms with Gasteiger partial charge in [0.15, 0.2) is 0 Å². The van der Waals surface area contributed by atoms with E-state index in [-0.39, 0.29) is 48.8 Å². The Labute approximate surface area is 161 Å². The summed E-state index contributed by atoms with van der Waals surface area (Å²) in [5.74, 6) is -0.709. The van der Waals surface area contributed by atoms with Crippen molar-refractivity contribution >= 4 is 17.5 Å². The minimum absolute atomic E-state index is 0.117. The fourth-order valence-corrected chi connectivity index (χ4v) is 6.63. The number of Topliss-reactive ketones (excluding diaryl/α,β-unsaturated/α-hetero) is 2. The Morgan fingerprint density at radius 2 is 1.78 bits per heavy atom. The van der Waals surface area contributed by atoms with Gasteiger partial charge in [-0.1, -0.05) is 26.3 Å². The molecular weight excluding hydrogens is 344 g/mol. The van der Waals surface area contributed by atoms with Crippen LogP contribution in [0.25, 0.3) is 0 Å². The first-order chi connectivity index (χ1) is 12.4. The van der Waals surface area contributed by atoms with E-state index in [0.717, 1.165) is 19.3 Å². The summed E-state index contributed by atoms with van der Waals surface area (Å²) in [5, 5.41) is 0. The van der Waals surface area contributed by atoms with Gasteiger partial charge in [-0.3, -0.25) is 14.4 Å². The number of carbonyl (C=O) groups excluding carboxylic acids is 3. The molecule has 150 valence electrons. The molecule has 2 aliphatic carbocycles. The zero-order chi connectivity index (χ0) is 20.3. The van der Waals surface area contributed by atoms with Gasteiger partial charge in [0.25, 0.3) is 0 Å². The molecule has 3 aliphatic rings. The largest absolute Gasteiger partial charge is 0.465 e. The molecule has 6 atom stereocenters. The molecule has 0 radical (unpaired) electrons. The van der Waals surface area contributed by atoms with Gasteiger partial charge in [0.05, 0.1) is 23.7 Å². The molecule has 27 heavy (non-hydrogen) atoms. The van der Waals surface area contributed by atoms with Crippen LogP contribution in [0.5, 0.6) is 0 Å². The van der Waals surface area contributed by atoms with E-state index in [1.165, 1.54) is 6.92 Å². The lowest BCUT2D eigenvalue weighted by atomic mass is 9.43. The predicted molar refractivity (Wildman–Crippen MR) is 101 cm³/mol. The minimum Gasteiger partial charge on any atom is -0.465 e. The number of esters is 1. The van der Waals surface area contributed by atoms with Crippen molar-refractivity contribution in [2.45, 2.75) is 77.9 Å². The van der Waals surface area contributed by atoms with Crippen LogP contribution < -0.4 is 0 Å². The molecule has 1 saturated heterocycles. The molecule has 5 nitrogen and oxygen atoms in total. The highest BCUT2D eigenvalue weighted by Gasteiger charge is 2.68. The van der Waals surface area contributed by atoms with Gasteiger partial charge in [0.1, 0.15) is 11.6 Å². The van der Waals surface area contributed by atoms with Gasteiger partial charge in [0, 0.05) is 31.1 Å². The predicted octanol–water partition coefficient (Wildman–Crippen LogP) is 3.64. The third-order valence-electron chi connectivity index (χ3n) is 7.29.